The molecule has 42 heavy (non-hydrogen) atoms. The van der Waals surface area contributed by atoms with E-state index in [1.54, 1.807) is 0 Å². The molecular formula is C33H65O8P. The summed E-state index contributed by atoms with van der Waals surface area (Å²) in [5, 5.41) is 0. The van der Waals surface area contributed by atoms with Crippen molar-refractivity contribution in [3.63, 3.8) is 0 Å². The van der Waals surface area contributed by atoms with Gasteiger partial charge in [-0.15, -0.1) is 0 Å². The normalized spacial score (nSPS) is 12.4. The van der Waals surface area contributed by atoms with E-state index in [1.165, 1.54) is 116 Å². The second-order valence-corrected chi connectivity index (χ2v) is 13.1. The zero-order valence-electron chi connectivity index (χ0n) is 27.2. The van der Waals surface area contributed by atoms with Crippen molar-refractivity contribution >= 4 is 19.8 Å². The number of hydrogen-bond donors (Lipinski definition) is 2. The summed E-state index contributed by atoms with van der Waals surface area (Å²) in [4.78, 5) is 42.4. The van der Waals surface area contributed by atoms with Gasteiger partial charge in [-0.1, -0.05) is 155 Å². The van der Waals surface area contributed by atoms with Gasteiger partial charge < -0.3 is 19.3 Å². The van der Waals surface area contributed by atoms with Gasteiger partial charge in [-0.3, -0.25) is 14.1 Å². The first kappa shape index (κ1) is 41.0. The number of phosphoric ester groups is 1. The molecule has 2 N–H and O–H groups in total. The molecule has 0 aromatic rings. The molecule has 1 atom stereocenters. The smallest absolute Gasteiger partial charge is 0.462 e. The maximum atomic E-state index is 12.3. The third-order valence-electron chi connectivity index (χ3n) is 7.63. The van der Waals surface area contributed by atoms with Crippen LogP contribution in [-0.4, -0.2) is 41.0 Å². The van der Waals surface area contributed by atoms with E-state index in [4.69, 9.17) is 19.3 Å². The summed E-state index contributed by atoms with van der Waals surface area (Å²) in [6, 6.07) is 0. The van der Waals surface area contributed by atoms with Crippen LogP contribution in [0.1, 0.15) is 181 Å². The Morgan fingerprint density at radius 1 is 0.524 bits per heavy atom. The monoisotopic (exact) mass is 620 g/mol. The zero-order chi connectivity index (χ0) is 31.2. The molecule has 0 fully saturated rings. The van der Waals surface area contributed by atoms with Crippen molar-refractivity contribution in [2.75, 3.05) is 13.2 Å². The highest BCUT2D eigenvalue weighted by atomic mass is 31.2. The van der Waals surface area contributed by atoms with Crippen LogP contribution in [0.4, 0.5) is 0 Å². The summed E-state index contributed by atoms with van der Waals surface area (Å²) in [5.74, 6) is -0.880. The highest BCUT2D eigenvalue weighted by Crippen LogP contribution is 2.36. The van der Waals surface area contributed by atoms with Crippen LogP contribution < -0.4 is 0 Å². The fourth-order valence-electron chi connectivity index (χ4n) is 5.02. The molecule has 0 heterocycles. The highest BCUT2D eigenvalue weighted by molar-refractivity contribution is 7.46. The first-order chi connectivity index (χ1) is 20.3. The minimum atomic E-state index is -4.73. The van der Waals surface area contributed by atoms with Crippen LogP contribution in [0, 0.1) is 0 Å². The van der Waals surface area contributed by atoms with Gasteiger partial charge in [0.25, 0.3) is 0 Å². The van der Waals surface area contributed by atoms with Gasteiger partial charge in [-0.2, -0.15) is 0 Å². The van der Waals surface area contributed by atoms with E-state index in [0.29, 0.717) is 6.42 Å². The van der Waals surface area contributed by atoms with Crippen molar-refractivity contribution in [1.82, 2.24) is 0 Å². The van der Waals surface area contributed by atoms with Crippen molar-refractivity contribution in [1.29, 1.82) is 0 Å². The largest absolute Gasteiger partial charge is 0.469 e. The maximum Gasteiger partial charge on any atom is 0.469 e. The third kappa shape index (κ3) is 32.0. The van der Waals surface area contributed by atoms with E-state index in [2.05, 4.69) is 18.4 Å². The predicted molar refractivity (Wildman–Crippen MR) is 170 cm³/mol. The van der Waals surface area contributed by atoms with E-state index in [0.717, 1.165) is 32.1 Å². The Balaban J connectivity index is 3.92. The molecule has 0 aliphatic heterocycles. The van der Waals surface area contributed by atoms with Gasteiger partial charge in [0, 0.05) is 12.8 Å². The van der Waals surface area contributed by atoms with Gasteiger partial charge in [-0.25, -0.2) is 4.57 Å². The molecule has 0 unspecified atom stereocenters. The van der Waals surface area contributed by atoms with Crippen molar-refractivity contribution in [3.05, 3.63) is 0 Å². The second-order valence-electron chi connectivity index (χ2n) is 11.9. The number of carbonyl (C=O) groups excluding carboxylic acids is 2. The lowest BCUT2D eigenvalue weighted by molar-refractivity contribution is -0.161. The van der Waals surface area contributed by atoms with Crippen molar-refractivity contribution < 1.29 is 37.9 Å². The van der Waals surface area contributed by atoms with Gasteiger partial charge in [-0.05, 0) is 12.8 Å². The lowest BCUT2D eigenvalue weighted by atomic mass is 10.0. The standard InChI is InChI=1S/C33H65O8P/c1-3-5-7-9-11-13-14-15-16-17-18-19-20-22-24-26-28-33(35)41-31(30-40-42(36,37)38)29-39-32(34)27-25-23-21-12-10-8-6-4-2/h31H,3-30H2,1-2H3,(H2,36,37,38)/t31-/m1/s1. The van der Waals surface area contributed by atoms with Gasteiger partial charge in [0.15, 0.2) is 6.10 Å². The summed E-state index contributed by atoms with van der Waals surface area (Å²) in [6.07, 6.45) is 28.4. The number of ether oxygens (including phenoxy) is 2. The minimum absolute atomic E-state index is 0.219. The number of rotatable bonds is 32. The van der Waals surface area contributed by atoms with Gasteiger partial charge in [0.2, 0.25) is 0 Å². The van der Waals surface area contributed by atoms with Crippen LogP contribution >= 0.6 is 7.82 Å². The van der Waals surface area contributed by atoms with E-state index in [9.17, 15) is 14.2 Å². The Morgan fingerprint density at radius 2 is 0.857 bits per heavy atom. The molecule has 0 aromatic carbocycles. The van der Waals surface area contributed by atoms with E-state index < -0.39 is 32.5 Å². The second kappa shape index (κ2) is 30.1. The van der Waals surface area contributed by atoms with Gasteiger partial charge in [0.1, 0.15) is 6.61 Å². The van der Waals surface area contributed by atoms with Crippen LogP contribution in [-0.2, 0) is 28.2 Å². The van der Waals surface area contributed by atoms with Crippen molar-refractivity contribution in [3.8, 4) is 0 Å². The van der Waals surface area contributed by atoms with Gasteiger partial charge >= 0.3 is 19.8 Å². The molecule has 0 aliphatic carbocycles. The van der Waals surface area contributed by atoms with Crippen LogP contribution in [0.2, 0.25) is 0 Å². The molecule has 0 saturated heterocycles. The third-order valence-corrected chi connectivity index (χ3v) is 8.11. The maximum absolute atomic E-state index is 12.3. The number of hydrogen-bond acceptors (Lipinski definition) is 6. The van der Waals surface area contributed by atoms with Crippen LogP contribution in [0.3, 0.4) is 0 Å². The molecule has 9 heteroatoms. The summed E-state index contributed by atoms with van der Waals surface area (Å²) >= 11 is 0. The molecule has 0 rings (SSSR count). The fourth-order valence-corrected chi connectivity index (χ4v) is 5.38. The average Bonchev–Trinajstić information content (AvgIpc) is 2.95. The summed E-state index contributed by atoms with van der Waals surface area (Å²) < 4.78 is 26.2. The van der Waals surface area contributed by atoms with Crippen LogP contribution in [0.15, 0.2) is 0 Å². The molecule has 0 aliphatic rings. The van der Waals surface area contributed by atoms with E-state index in [-0.39, 0.29) is 19.4 Å². The molecule has 0 amide bonds. The molecule has 0 bridgehead atoms. The quantitative estimate of drug-likeness (QED) is 0.0433. The fraction of sp³-hybridized carbons (Fsp3) is 0.939. The molecule has 0 aromatic heterocycles. The summed E-state index contributed by atoms with van der Waals surface area (Å²) in [6.45, 7) is 3.64. The van der Waals surface area contributed by atoms with Gasteiger partial charge in [0.05, 0.1) is 6.61 Å². The first-order valence-corrected chi connectivity index (χ1v) is 18.9. The number of carbonyl (C=O) groups is 2. The Hall–Kier alpha value is -0.950. The number of unbranched alkanes of at least 4 members (excludes halogenated alkanes) is 22. The Morgan fingerprint density at radius 3 is 1.21 bits per heavy atom. The summed E-state index contributed by atoms with van der Waals surface area (Å²) in [5.41, 5.74) is 0. The van der Waals surface area contributed by atoms with Crippen LogP contribution in [0.5, 0.6) is 0 Å². The first-order valence-electron chi connectivity index (χ1n) is 17.3. The molecule has 0 spiro atoms. The predicted octanol–water partition coefficient (Wildman–Crippen LogP) is 9.73. The lowest BCUT2D eigenvalue weighted by Crippen LogP contribution is -2.29. The van der Waals surface area contributed by atoms with Crippen molar-refractivity contribution in [2.24, 2.45) is 0 Å². The topological polar surface area (TPSA) is 119 Å². The van der Waals surface area contributed by atoms with E-state index in [1.807, 2.05) is 0 Å². The lowest BCUT2D eigenvalue weighted by Gasteiger charge is -2.18. The number of esters is 2. The minimum Gasteiger partial charge on any atom is -0.462 e. The SMILES string of the molecule is CCCCCCCCCCCCCCCCCCC(=O)O[C@H](COC(=O)CCCCCCCCCC)COP(=O)(O)O. The molecule has 0 saturated carbocycles. The summed E-state index contributed by atoms with van der Waals surface area (Å²) in [7, 11) is -4.73. The molecule has 8 nitrogen and oxygen atoms in total. The Labute approximate surface area is 257 Å². The average molecular weight is 621 g/mol. The zero-order valence-corrected chi connectivity index (χ0v) is 28.1. The highest BCUT2D eigenvalue weighted by Gasteiger charge is 2.22. The van der Waals surface area contributed by atoms with Crippen LogP contribution in [0.25, 0.3) is 0 Å². The Kier molecular flexibility index (Phi) is 29.4. The Bertz CT molecular complexity index is 666. The molecular weight excluding hydrogens is 555 g/mol. The molecule has 0 radical (unpaired) electrons. The molecule has 250 valence electrons. The van der Waals surface area contributed by atoms with E-state index >= 15 is 0 Å². The van der Waals surface area contributed by atoms with Crippen molar-refractivity contribution in [2.45, 2.75) is 187 Å². The number of phosphoric acid groups is 1.